The highest BCUT2D eigenvalue weighted by Gasteiger charge is 2.34. The topological polar surface area (TPSA) is 112 Å². The molecule has 30 heavy (non-hydrogen) atoms. The third-order valence-corrected chi connectivity index (χ3v) is 6.72. The standard InChI is InChI=1S/C20H16N4O4S2.H2/c21-13-14-3-1-2-4-17(14)28-18-9-11-24(19(18)25)15-5-7-16(8-6-15)30(26,27)23-20-22-10-12-29-20;/h1-8,10,12,18H,9,11H2,(H,22,23);1H. The van der Waals surface area contributed by atoms with Gasteiger partial charge >= 0.3 is 0 Å². The van der Waals surface area contributed by atoms with Crippen molar-refractivity contribution in [1.29, 1.82) is 5.26 Å². The second-order valence-corrected chi connectivity index (χ2v) is 9.01. The van der Waals surface area contributed by atoms with Crippen LogP contribution < -0.4 is 14.4 Å². The fourth-order valence-electron chi connectivity index (χ4n) is 3.09. The number of amides is 1. The number of sulfonamides is 1. The molecule has 1 unspecified atom stereocenters. The minimum Gasteiger partial charge on any atom is -0.479 e. The number of nitriles is 1. The zero-order valence-corrected chi connectivity index (χ0v) is 17.2. The number of nitrogens with zero attached hydrogens (tertiary/aromatic N) is 3. The van der Waals surface area contributed by atoms with Crippen LogP contribution in [0.1, 0.15) is 13.4 Å². The van der Waals surface area contributed by atoms with Crippen molar-refractivity contribution in [3.05, 3.63) is 65.7 Å². The summed E-state index contributed by atoms with van der Waals surface area (Å²) in [6.45, 7) is 0.432. The van der Waals surface area contributed by atoms with Gasteiger partial charge in [0.05, 0.1) is 10.5 Å². The normalized spacial score (nSPS) is 16.3. The summed E-state index contributed by atoms with van der Waals surface area (Å²) in [7, 11) is -3.76. The molecule has 1 N–H and O–H groups in total. The smallest absolute Gasteiger partial charge is 0.268 e. The molecule has 1 fully saturated rings. The molecule has 1 aliphatic rings. The predicted molar refractivity (Wildman–Crippen MR) is 114 cm³/mol. The van der Waals surface area contributed by atoms with E-state index in [1.165, 1.54) is 29.7 Å². The van der Waals surface area contributed by atoms with Crippen molar-refractivity contribution in [2.45, 2.75) is 17.4 Å². The predicted octanol–water partition coefficient (Wildman–Crippen LogP) is 3.25. The molecule has 0 saturated carbocycles. The summed E-state index contributed by atoms with van der Waals surface area (Å²) >= 11 is 1.18. The average molecular weight is 443 g/mol. The van der Waals surface area contributed by atoms with Gasteiger partial charge in [0, 0.05) is 31.7 Å². The fraction of sp³-hybridized carbons (Fsp3) is 0.150. The number of aromatic nitrogens is 1. The van der Waals surface area contributed by atoms with Crippen LogP contribution >= 0.6 is 11.3 Å². The first-order chi connectivity index (χ1) is 14.5. The Balaban J connectivity index is 0.00000272. The summed E-state index contributed by atoms with van der Waals surface area (Å²) in [5.74, 6) is 0.133. The molecule has 2 heterocycles. The van der Waals surface area contributed by atoms with Crippen LogP contribution in [0.4, 0.5) is 10.8 Å². The van der Waals surface area contributed by atoms with Crippen molar-refractivity contribution in [2.75, 3.05) is 16.2 Å². The van der Waals surface area contributed by atoms with Crippen molar-refractivity contribution in [3.63, 3.8) is 0 Å². The van der Waals surface area contributed by atoms with Crippen LogP contribution in [0.25, 0.3) is 0 Å². The molecule has 0 bridgehead atoms. The first-order valence-corrected chi connectivity index (χ1v) is 11.3. The number of ether oxygens (including phenoxy) is 1. The number of anilines is 2. The number of para-hydroxylation sites is 1. The maximum absolute atomic E-state index is 12.8. The molecule has 10 heteroatoms. The molecular weight excluding hydrogens is 424 g/mol. The van der Waals surface area contributed by atoms with Crippen LogP contribution in [0.15, 0.2) is 65.0 Å². The lowest BCUT2D eigenvalue weighted by atomic mass is 10.2. The number of hydrogen-bond donors (Lipinski definition) is 1. The molecular formula is C20H18N4O4S2. The Bertz CT molecular complexity index is 1210. The molecule has 0 radical (unpaired) electrons. The van der Waals surface area contributed by atoms with Crippen LogP contribution in [0.5, 0.6) is 5.75 Å². The molecule has 1 aromatic heterocycles. The molecule has 8 nitrogen and oxygen atoms in total. The molecule has 1 amide bonds. The third-order valence-electron chi connectivity index (χ3n) is 4.55. The zero-order chi connectivity index (χ0) is 21.1. The Morgan fingerprint density at radius 3 is 2.70 bits per heavy atom. The van der Waals surface area contributed by atoms with E-state index in [4.69, 9.17) is 4.74 Å². The molecule has 3 aromatic rings. The van der Waals surface area contributed by atoms with Gasteiger partial charge in [0.25, 0.3) is 15.9 Å². The summed E-state index contributed by atoms with van der Waals surface area (Å²) in [6.07, 6.45) is 1.28. The minimum absolute atomic E-state index is 0. The highest BCUT2D eigenvalue weighted by atomic mass is 32.2. The minimum atomic E-state index is -3.76. The van der Waals surface area contributed by atoms with Crippen molar-refractivity contribution >= 4 is 38.1 Å². The molecule has 1 atom stereocenters. The monoisotopic (exact) mass is 442 g/mol. The van der Waals surface area contributed by atoms with Crippen LogP contribution in [0.3, 0.4) is 0 Å². The lowest BCUT2D eigenvalue weighted by Crippen LogP contribution is -2.32. The zero-order valence-electron chi connectivity index (χ0n) is 15.6. The summed E-state index contributed by atoms with van der Waals surface area (Å²) in [4.78, 5) is 18.3. The van der Waals surface area contributed by atoms with E-state index in [2.05, 4.69) is 9.71 Å². The van der Waals surface area contributed by atoms with Gasteiger partial charge in [-0.15, -0.1) is 11.3 Å². The van der Waals surface area contributed by atoms with Gasteiger partial charge in [-0.1, -0.05) is 12.1 Å². The van der Waals surface area contributed by atoms with Gasteiger partial charge < -0.3 is 9.64 Å². The number of thiazole rings is 1. The first kappa shape index (κ1) is 19.9. The molecule has 0 spiro atoms. The third kappa shape index (κ3) is 3.98. The number of carbonyl (C=O) groups excluding carboxylic acids is 1. The van der Waals surface area contributed by atoms with Crippen LogP contribution in [-0.2, 0) is 14.8 Å². The Hall–Kier alpha value is -3.42. The lowest BCUT2D eigenvalue weighted by Gasteiger charge is -2.18. The van der Waals surface area contributed by atoms with Gasteiger partial charge in [-0.3, -0.25) is 9.52 Å². The molecule has 1 aliphatic heterocycles. The van der Waals surface area contributed by atoms with E-state index in [1.807, 2.05) is 6.07 Å². The van der Waals surface area contributed by atoms with Gasteiger partial charge in [-0.05, 0) is 36.4 Å². The van der Waals surface area contributed by atoms with E-state index in [-0.39, 0.29) is 17.4 Å². The van der Waals surface area contributed by atoms with E-state index in [0.717, 1.165) is 0 Å². The molecule has 4 rings (SSSR count). The largest absolute Gasteiger partial charge is 0.479 e. The van der Waals surface area contributed by atoms with Crippen LogP contribution in [0.2, 0.25) is 0 Å². The number of rotatable bonds is 6. The molecule has 0 aliphatic carbocycles. The van der Waals surface area contributed by atoms with Gasteiger partial charge in [0.1, 0.15) is 11.8 Å². The van der Waals surface area contributed by atoms with Gasteiger partial charge in [0.2, 0.25) is 0 Å². The number of nitrogens with one attached hydrogen (secondary N) is 1. The Morgan fingerprint density at radius 1 is 1.23 bits per heavy atom. The van der Waals surface area contributed by atoms with Crippen molar-refractivity contribution in [3.8, 4) is 11.8 Å². The molecule has 154 valence electrons. The maximum Gasteiger partial charge on any atom is 0.268 e. The van der Waals surface area contributed by atoms with Crippen molar-refractivity contribution < 1.29 is 19.4 Å². The van der Waals surface area contributed by atoms with Crippen molar-refractivity contribution in [2.24, 2.45) is 0 Å². The van der Waals surface area contributed by atoms with Crippen LogP contribution in [0, 0.1) is 11.3 Å². The lowest BCUT2D eigenvalue weighted by molar-refractivity contribution is -0.122. The first-order valence-electron chi connectivity index (χ1n) is 8.97. The van der Waals surface area contributed by atoms with Gasteiger partial charge in [-0.2, -0.15) is 5.26 Å². The van der Waals surface area contributed by atoms with E-state index >= 15 is 0 Å². The van der Waals surface area contributed by atoms with Gasteiger partial charge in [-0.25, -0.2) is 13.4 Å². The summed E-state index contributed by atoms with van der Waals surface area (Å²) in [5.41, 5.74) is 0.943. The second-order valence-electron chi connectivity index (χ2n) is 6.43. The quantitative estimate of drug-likeness (QED) is 0.627. The summed E-state index contributed by atoms with van der Waals surface area (Å²) in [5, 5.41) is 11.1. The van der Waals surface area contributed by atoms with E-state index in [9.17, 15) is 18.5 Å². The summed E-state index contributed by atoms with van der Waals surface area (Å²) in [6, 6.07) is 14.9. The highest BCUT2D eigenvalue weighted by Crippen LogP contribution is 2.28. The number of carbonyl (C=O) groups is 1. The van der Waals surface area contributed by atoms with E-state index in [1.54, 1.807) is 46.7 Å². The molecule has 2 aromatic carbocycles. The SMILES string of the molecule is N#Cc1ccccc1OC1CCN(c2ccc(S(=O)(=O)Nc3nccs3)cc2)C1=O.[HH]. The Morgan fingerprint density at radius 2 is 2.00 bits per heavy atom. The Labute approximate surface area is 178 Å². The number of hydrogen-bond acceptors (Lipinski definition) is 7. The molecule has 1 saturated heterocycles. The second kappa shape index (κ2) is 8.14. The summed E-state index contributed by atoms with van der Waals surface area (Å²) < 4.78 is 33.1. The van der Waals surface area contributed by atoms with Crippen molar-refractivity contribution in [1.82, 2.24) is 4.98 Å². The number of benzene rings is 2. The van der Waals surface area contributed by atoms with Crippen LogP contribution in [-0.4, -0.2) is 32.0 Å². The Kier molecular flexibility index (Phi) is 5.39. The van der Waals surface area contributed by atoms with Gasteiger partial charge in [0.15, 0.2) is 11.2 Å². The highest BCUT2D eigenvalue weighted by molar-refractivity contribution is 7.93. The average Bonchev–Trinajstić information content (AvgIpc) is 3.38. The fourth-order valence-corrected chi connectivity index (χ4v) is 4.88. The van der Waals surface area contributed by atoms with E-state index < -0.39 is 16.1 Å². The maximum atomic E-state index is 12.8. The van der Waals surface area contributed by atoms with E-state index in [0.29, 0.717) is 30.0 Å².